The van der Waals surface area contributed by atoms with Gasteiger partial charge >= 0.3 is 0 Å². The number of benzene rings is 3. The van der Waals surface area contributed by atoms with Crippen LogP contribution in [0.2, 0.25) is 0 Å². The van der Waals surface area contributed by atoms with Crippen LogP contribution in [0, 0.1) is 6.92 Å². The summed E-state index contributed by atoms with van der Waals surface area (Å²) in [6.07, 6.45) is -0.0970. The second-order valence-corrected chi connectivity index (χ2v) is 6.52. The molecule has 3 heteroatoms. The highest BCUT2D eigenvalue weighted by Crippen LogP contribution is 2.28. The molecule has 0 aromatic heterocycles. The van der Waals surface area contributed by atoms with Gasteiger partial charge in [0.05, 0.1) is 0 Å². The van der Waals surface area contributed by atoms with Gasteiger partial charge in [-0.2, -0.15) is 0 Å². The fourth-order valence-corrected chi connectivity index (χ4v) is 3.15. The Morgan fingerprint density at radius 1 is 0.625 bits per heavy atom. The van der Waals surface area contributed by atoms with Crippen LogP contribution in [0.25, 0.3) is 0 Å². The van der Waals surface area contributed by atoms with E-state index in [9.17, 15) is 0 Å². The van der Waals surface area contributed by atoms with Crippen molar-refractivity contribution in [2.45, 2.75) is 54.6 Å². The first-order chi connectivity index (χ1) is 15.7. The van der Waals surface area contributed by atoms with Crippen LogP contribution in [0.15, 0.2) is 94.9 Å². The number of amidine groups is 2. The predicted octanol–water partition coefficient (Wildman–Crippen LogP) is 7.91. The molecule has 0 N–H and O–H groups in total. The molecule has 32 heavy (non-hydrogen) atoms. The normalized spacial score (nSPS) is 14.2. The molecule has 0 saturated carbocycles. The van der Waals surface area contributed by atoms with Crippen LogP contribution in [0.5, 0.6) is 0 Å². The molecule has 1 aliphatic rings. The van der Waals surface area contributed by atoms with Crippen molar-refractivity contribution >= 4 is 11.7 Å². The second kappa shape index (κ2) is 14.7. The van der Waals surface area contributed by atoms with E-state index in [4.69, 9.17) is 9.98 Å². The molecule has 0 fully saturated rings. The van der Waals surface area contributed by atoms with Crippen molar-refractivity contribution in [1.82, 2.24) is 4.90 Å². The van der Waals surface area contributed by atoms with Crippen LogP contribution in [-0.4, -0.2) is 23.6 Å². The van der Waals surface area contributed by atoms with Gasteiger partial charge in [0.25, 0.3) is 0 Å². The minimum absolute atomic E-state index is 0.0970. The number of aliphatic imine (C=N–C) groups is 2. The van der Waals surface area contributed by atoms with Gasteiger partial charge in [-0.15, -0.1) is 0 Å². The maximum atomic E-state index is 4.96. The van der Waals surface area contributed by atoms with E-state index in [1.54, 1.807) is 0 Å². The zero-order valence-electron chi connectivity index (χ0n) is 21.0. The Hall–Kier alpha value is -3.20. The lowest BCUT2D eigenvalue weighted by Gasteiger charge is -2.32. The first kappa shape index (κ1) is 26.8. The highest BCUT2D eigenvalue weighted by Gasteiger charge is 2.26. The highest BCUT2D eigenvalue weighted by atomic mass is 15.3. The predicted molar refractivity (Wildman–Crippen MR) is 142 cm³/mol. The SMILES string of the molecule is CC.CC.CC.Cc1ccc(C2=NC(c3ccccc3)N(C)C(c3ccccc3)=N2)cc1. The number of nitrogens with zero attached hydrogens (tertiary/aromatic N) is 3. The molecular formula is C29H39N3. The summed E-state index contributed by atoms with van der Waals surface area (Å²) >= 11 is 0. The summed E-state index contributed by atoms with van der Waals surface area (Å²) in [5, 5.41) is 0. The molecular weight excluding hydrogens is 390 g/mol. The molecule has 3 nitrogen and oxygen atoms in total. The minimum atomic E-state index is -0.0970. The zero-order chi connectivity index (χ0) is 23.9. The summed E-state index contributed by atoms with van der Waals surface area (Å²) < 4.78 is 0. The molecule has 1 unspecified atom stereocenters. The van der Waals surface area contributed by atoms with E-state index in [2.05, 4.69) is 79.5 Å². The number of hydrogen-bond acceptors (Lipinski definition) is 3. The third-order valence-corrected chi connectivity index (χ3v) is 4.60. The van der Waals surface area contributed by atoms with Crippen molar-refractivity contribution < 1.29 is 0 Å². The molecule has 0 spiro atoms. The molecule has 0 aliphatic carbocycles. The Morgan fingerprint density at radius 2 is 1.12 bits per heavy atom. The third-order valence-electron chi connectivity index (χ3n) is 4.60. The highest BCUT2D eigenvalue weighted by molar-refractivity contribution is 6.12. The summed E-state index contributed by atoms with van der Waals surface area (Å²) in [6.45, 7) is 14.1. The van der Waals surface area contributed by atoms with Crippen molar-refractivity contribution in [3.63, 3.8) is 0 Å². The van der Waals surface area contributed by atoms with Crippen molar-refractivity contribution in [1.29, 1.82) is 0 Å². The van der Waals surface area contributed by atoms with Crippen LogP contribution in [0.4, 0.5) is 0 Å². The van der Waals surface area contributed by atoms with Crippen LogP contribution in [-0.2, 0) is 0 Å². The Morgan fingerprint density at radius 3 is 1.66 bits per heavy atom. The van der Waals surface area contributed by atoms with Gasteiger partial charge in [0, 0.05) is 18.2 Å². The summed E-state index contributed by atoms with van der Waals surface area (Å²) in [4.78, 5) is 12.0. The molecule has 0 amide bonds. The second-order valence-electron chi connectivity index (χ2n) is 6.52. The molecule has 3 aromatic rings. The van der Waals surface area contributed by atoms with Gasteiger partial charge in [-0.3, -0.25) is 0 Å². The quantitative estimate of drug-likeness (QED) is 0.415. The topological polar surface area (TPSA) is 28.0 Å². The standard InChI is InChI=1S/C23H21N3.3C2H6/c1-17-13-15-18(16-14-17)21-24-22(19-9-5-3-6-10-19)26(2)23(25-21)20-11-7-4-8-12-20;3*1-2/h3-16,22H,1-2H3;3*1-2H3. The molecule has 0 saturated heterocycles. The summed E-state index contributed by atoms with van der Waals surface area (Å²) in [5.74, 6) is 1.71. The van der Waals surface area contributed by atoms with Crippen molar-refractivity contribution in [3.05, 3.63) is 107 Å². The third kappa shape index (κ3) is 6.91. The molecule has 1 aliphatic heterocycles. The zero-order valence-corrected chi connectivity index (χ0v) is 21.0. The lowest BCUT2D eigenvalue weighted by atomic mass is 10.1. The first-order valence-electron chi connectivity index (χ1n) is 11.8. The lowest BCUT2D eigenvalue weighted by molar-refractivity contribution is 0.383. The first-order valence-corrected chi connectivity index (χ1v) is 11.8. The fourth-order valence-electron chi connectivity index (χ4n) is 3.15. The summed E-state index contributed by atoms with van der Waals surface area (Å²) in [6, 6.07) is 29.1. The van der Waals surface area contributed by atoms with Gasteiger partial charge in [-0.05, 0) is 12.5 Å². The monoisotopic (exact) mass is 429 g/mol. The van der Waals surface area contributed by atoms with Gasteiger partial charge in [-0.25, -0.2) is 9.98 Å². The van der Waals surface area contributed by atoms with E-state index in [1.165, 1.54) is 5.56 Å². The van der Waals surface area contributed by atoms with Crippen LogP contribution >= 0.6 is 0 Å². The molecule has 4 rings (SSSR count). The largest absolute Gasteiger partial charge is 0.333 e. The van der Waals surface area contributed by atoms with Crippen molar-refractivity contribution in [2.24, 2.45) is 9.98 Å². The van der Waals surface area contributed by atoms with Gasteiger partial charge in [0.1, 0.15) is 12.0 Å². The molecule has 170 valence electrons. The molecule has 1 heterocycles. The van der Waals surface area contributed by atoms with Crippen molar-refractivity contribution in [3.8, 4) is 0 Å². The maximum Gasteiger partial charge on any atom is 0.159 e. The minimum Gasteiger partial charge on any atom is -0.333 e. The van der Waals surface area contributed by atoms with Gasteiger partial charge in [-0.1, -0.05) is 132 Å². The van der Waals surface area contributed by atoms with Gasteiger partial charge in [0.2, 0.25) is 0 Å². The molecule has 0 radical (unpaired) electrons. The van der Waals surface area contributed by atoms with E-state index in [0.29, 0.717) is 0 Å². The van der Waals surface area contributed by atoms with Gasteiger partial charge in [0.15, 0.2) is 5.84 Å². The average molecular weight is 430 g/mol. The summed E-state index contributed by atoms with van der Waals surface area (Å²) in [7, 11) is 2.05. The fraction of sp³-hybridized carbons (Fsp3) is 0.310. The molecule has 1 atom stereocenters. The van der Waals surface area contributed by atoms with Crippen LogP contribution in [0.3, 0.4) is 0 Å². The van der Waals surface area contributed by atoms with Crippen LogP contribution in [0.1, 0.15) is 70.0 Å². The van der Waals surface area contributed by atoms with Crippen molar-refractivity contribution in [2.75, 3.05) is 7.05 Å². The average Bonchev–Trinajstić information content (AvgIpc) is 2.89. The Kier molecular flexibility index (Phi) is 12.4. The molecule has 3 aromatic carbocycles. The number of hydrogen-bond donors (Lipinski definition) is 0. The maximum absolute atomic E-state index is 4.96. The Labute approximate surface area is 195 Å². The van der Waals surface area contributed by atoms with E-state index < -0.39 is 0 Å². The Balaban J connectivity index is 0.000000789. The van der Waals surface area contributed by atoms with Crippen LogP contribution < -0.4 is 0 Å². The number of rotatable bonds is 3. The molecule has 0 bridgehead atoms. The van der Waals surface area contributed by atoms with Gasteiger partial charge < -0.3 is 4.90 Å². The van der Waals surface area contributed by atoms with E-state index in [-0.39, 0.29) is 6.17 Å². The number of aryl methyl sites for hydroxylation is 1. The van der Waals surface area contributed by atoms with E-state index >= 15 is 0 Å². The summed E-state index contributed by atoms with van der Waals surface area (Å²) in [5.41, 5.74) is 4.52. The van der Waals surface area contributed by atoms with E-state index in [0.717, 1.165) is 28.4 Å². The Bertz CT molecular complexity index is 943. The van der Waals surface area contributed by atoms with E-state index in [1.807, 2.05) is 65.8 Å². The lowest BCUT2D eigenvalue weighted by Crippen LogP contribution is -2.35. The smallest absolute Gasteiger partial charge is 0.159 e.